The lowest BCUT2D eigenvalue weighted by Gasteiger charge is -2.24. The molecular formula is C23H23ClFN5O4. The van der Waals surface area contributed by atoms with Gasteiger partial charge in [0.05, 0.1) is 28.7 Å². The maximum Gasteiger partial charge on any atom is 0.356 e. The Morgan fingerprint density at radius 3 is 2.65 bits per heavy atom. The van der Waals surface area contributed by atoms with Crippen LogP contribution in [-0.4, -0.2) is 51.9 Å². The second-order valence-corrected chi connectivity index (χ2v) is 9.19. The minimum Gasteiger partial charge on any atom is -0.476 e. The summed E-state index contributed by atoms with van der Waals surface area (Å²) in [6, 6.07) is 4.86. The van der Waals surface area contributed by atoms with Crippen molar-refractivity contribution in [1.29, 1.82) is 0 Å². The number of halogens is 2. The first kappa shape index (κ1) is 22.5. The van der Waals surface area contributed by atoms with Crippen molar-refractivity contribution in [3.63, 3.8) is 0 Å². The molecule has 3 heterocycles. The molecule has 2 N–H and O–H groups in total. The Morgan fingerprint density at radius 1 is 1.29 bits per heavy atom. The molecule has 1 aliphatic carbocycles. The number of aromatic carboxylic acids is 1. The first-order chi connectivity index (χ1) is 16.2. The van der Waals surface area contributed by atoms with E-state index >= 15 is 0 Å². The number of nitrogens with zero attached hydrogens (tertiary/aromatic N) is 4. The number of carboxylic acids is 1. The van der Waals surface area contributed by atoms with Crippen molar-refractivity contribution < 1.29 is 19.0 Å². The van der Waals surface area contributed by atoms with Gasteiger partial charge in [-0.25, -0.2) is 19.2 Å². The second-order valence-electron chi connectivity index (χ2n) is 8.80. The normalized spacial score (nSPS) is 22.0. The molecule has 0 radical (unpaired) electrons. The van der Waals surface area contributed by atoms with E-state index in [0.29, 0.717) is 28.9 Å². The molecule has 1 saturated heterocycles. The van der Waals surface area contributed by atoms with Crippen molar-refractivity contribution in [2.45, 2.75) is 19.1 Å². The van der Waals surface area contributed by atoms with Crippen molar-refractivity contribution in [1.82, 2.24) is 14.5 Å². The molecular weight excluding hydrogens is 465 g/mol. The molecule has 1 aromatic carbocycles. The Bertz CT molecular complexity index is 1370. The van der Waals surface area contributed by atoms with E-state index in [4.69, 9.17) is 21.3 Å². The van der Waals surface area contributed by atoms with E-state index in [1.54, 1.807) is 21.1 Å². The zero-order chi connectivity index (χ0) is 24.3. The maximum atomic E-state index is 14.6. The third-order valence-corrected chi connectivity index (χ3v) is 6.93. The van der Waals surface area contributed by atoms with Crippen LogP contribution in [0.3, 0.4) is 0 Å². The number of hydrogen-bond acceptors (Lipinski definition) is 7. The molecule has 2 aliphatic rings. The smallest absolute Gasteiger partial charge is 0.356 e. The summed E-state index contributed by atoms with van der Waals surface area (Å²) in [5, 5.41) is 12.7. The van der Waals surface area contributed by atoms with E-state index in [0.717, 1.165) is 13.1 Å². The number of benzene rings is 1. The number of piperidine rings is 1. The minimum absolute atomic E-state index is 0.0426. The molecule has 0 amide bonds. The van der Waals surface area contributed by atoms with Gasteiger partial charge in [0.15, 0.2) is 5.69 Å². The summed E-state index contributed by atoms with van der Waals surface area (Å²) < 4.78 is 21.5. The van der Waals surface area contributed by atoms with Crippen LogP contribution in [0.15, 0.2) is 29.1 Å². The molecule has 34 heavy (non-hydrogen) atoms. The monoisotopic (exact) mass is 487 g/mol. The lowest BCUT2D eigenvalue weighted by molar-refractivity contribution is 0.0691. The summed E-state index contributed by atoms with van der Waals surface area (Å²) in [4.78, 5) is 35.5. The van der Waals surface area contributed by atoms with E-state index < -0.39 is 17.8 Å². The predicted molar refractivity (Wildman–Crippen MR) is 125 cm³/mol. The van der Waals surface area contributed by atoms with Crippen molar-refractivity contribution in [3.8, 4) is 0 Å². The number of pyridine rings is 1. The fourth-order valence-corrected chi connectivity index (χ4v) is 5.13. The zero-order valence-corrected chi connectivity index (χ0v) is 19.5. The Hall–Kier alpha value is -3.24. The van der Waals surface area contributed by atoms with Crippen LogP contribution in [0.5, 0.6) is 0 Å². The first-order valence-electron chi connectivity index (χ1n) is 10.8. The number of ether oxygens (including phenoxy) is 1. The van der Waals surface area contributed by atoms with Gasteiger partial charge in [0.25, 0.3) is 5.56 Å². The van der Waals surface area contributed by atoms with Crippen LogP contribution in [-0.2, 0) is 11.8 Å². The van der Waals surface area contributed by atoms with E-state index in [-0.39, 0.29) is 33.6 Å². The van der Waals surface area contributed by atoms with Crippen molar-refractivity contribution >= 4 is 40.1 Å². The first-order valence-corrected chi connectivity index (χ1v) is 11.2. The highest BCUT2D eigenvalue weighted by atomic mass is 35.5. The molecule has 0 spiro atoms. The number of carbonyl (C=O) groups is 1. The largest absolute Gasteiger partial charge is 0.476 e. The summed E-state index contributed by atoms with van der Waals surface area (Å²) >= 11 is 5.85. The van der Waals surface area contributed by atoms with Gasteiger partial charge in [0.2, 0.25) is 5.95 Å². The van der Waals surface area contributed by atoms with Crippen molar-refractivity contribution in [2.75, 3.05) is 30.4 Å². The molecule has 1 aliphatic heterocycles. The average Bonchev–Trinajstić information content (AvgIpc) is 3.27. The second kappa shape index (κ2) is 8.21. The van der Waals surface area contributed by atoms with E-state index in [2.05, 4.69) is 15.2 Å². The summed E-state index contributed by atoms with van der Waals surface area (Å²) in [5.41, 5.74) is 0.405. The summed E-state index contributed by atoms with van der Waals surface area (Å²) in [6.07, 6.45) is 0.249. The van der Waals surface area contributed by atoms with Crippen molar-refractivity contribution in [2.24, 2.45) is 18.9 Å². The molecule has 2 aromatic heterocycles. The van der Waals surface area contributed by atoms with Gasteiger partial charge >= 0.3 is 5.97 Å². The molecule has 3 aromatic rings. The molecule has 0 unspecified atom stereocenters. The molecule has 178 valence electrons. The van der Waals surface area contributed by atoms with Crippen LogP contribution >= 0.6 is 11.6 Å². The van der Waals surface area contributed by atoms with Crippen molar-refractivity contribution in [3.05, 3.63) is 56.8 Å². The van der Waals surface area contributed by atoms with Crippen LogP contribution in [0.1, 0.15) is 29.0 Å². The van der Waals surface area contributed by atoms with Gasteiger partial charge in [-0.15, -0.1) is 0 Å². The Labute approximate surface area is 199 Å². The van der Waals surface area contributed by atoms with Gasteiger partial charge in [-0.3, -0.25) is 9.36 Å². The predicted octanol–water partition coefficient (Wildman–Crippen LogP) is 3.07. The third kappa shape index (κ3) is 3.67. The van der Waals surface area contributed by atoms with Crippen LogP contribution in [0, 0.1) is 17.7 Å². The number of anilines is 2. The van der Waals surface area contributed by atoms with E-state index in [9.17, 15) is 19.1 Å². The van der Waals surface area contributed by atoms with Gasteiger partial charge < -0.3 is 20.1 Å². The molecule has 9 nitrogen and oxygen atoms in total. The molecule has 11 heteroatoms. The van der Waals surface area contributed by atoms with Gasteiger partial charge in [-0.05, 0) is 31.2 Å². The molecule has 0 bridgehead atoms. The van der Waals surface area contributed by atoms with Gasteiger partial charge in [0, 0.05) is 44.6 Å². The number of methoxy groups -OCH3 is 1. The maximum absolute atomic E-state index is 14.6. The fraction of sp³-hybridized carbons (Fsp3) is 0.391. The number of rotatable bonds is 6. The van der Waals surface area contributed by atoms with Gasteiger partial charge in [-0.1, -0.05) is 11.6 Å². The third-order valence-electron chi connectivity index (χ3n) is 6.72. The molecule has 5 rings (SSSR count). The summed E-state index contributed by atoms with van der Waals surface area (Å²) in [7, 11) is 3.34. The number of hydrogen-bond donors (Lipinski definition) is 2. The Kier molecular flexibility index (Phi) is 5.44. The quantitative estimate of drug-likeness (QED) is 0.510. The van der Waals surface area contributed by atoms with Crippen LogP contribution in [0.4, 0.5) is 16.0 Å². The lowest BCUT2D eigenvalue weighted by Crippen LogP contribution is -2.33. The fourth-order valence-electron chi connectivity index (χ4n) is 4.98. The molecule has 3 atom stereocenters. The summed E-state index contributed by atoms with van der Waals surface area (Å²) in [5.74, 6) is -0.493. The topological polar surface area (TPSA) is 110 Å². The highest BCUT2D eigenvalue weighted by Gasteiger charge is 2.57. The Balaban J connectivity index is 1.56. The van der Waals surface area contributed by atoms with Gasteiger partial charge in [-0.2, -0.15) is 0 Å². The standard InChI is InChI=1S/C23H23ClFN5O4/c1-10(26-16-4-5-17(24)27-19(16)22(32)33)12-6-11(25)7-13-18(12)28-23(29(2)21(13)31)30-8-14-15(9-30)20(14)34-3/h4-7,10,14-15,20,26H,8-9H2,1-3H3,(H,32,33)/t10-,14+,15+/m1/s1. The van der Waals surface area contributed by atoms with Crippen LogP contribution < -0.4 is 15.8 Å². The lowest BCUT2D eigenvalue weighted by atomic mass is 10.0. The van der Waals surface area contributed by atoms with Gasteiger partial charge in [0.1, 0.15) is 11.0 Å². The molecule has 1 saturated carbocycles. The number of carboxylic acid groups (broad SMARTS) is 1. The number of fused-ring (bicyclic) bond motifs is 2. The van der Waals surface area contributed by atoms with Crippen LogP contribution in [0.2, 0.25) is 5.15 Å². The molecule has 2 fully saturated rings. The summed E-state index contributed by atoms with van der Waals surface area (Å²) in [6.45, 7) is 3.21. The zero-order valence-electron chi connectivity index (χ0n) is 18.7. The highest BCUT2D eigenvalue weighted by molar-refractivity contribution is 6.29. The average molecular weight is 488 g/mol. The highest BCUT2D eigenvalue weighted by Crippen LogP contribution is 2.48. The Morgan fingerprint density at radius 2 is 2.00 bits per heavy atom. The number of aromatic nitrogens is 3. The minimum atomic E-state index is -1.25. The SMILES string of the molecule is COC1[C@H]2CN(c3nc4c([C@@H](C)Nc5ccc(Cl)nc5C(=O)O)cc(F)cc4c(=O)n3C)C[C@H]12. The van der Waals surface area contributed by atoms with E-state index in [1.165, 1.54) is 28.8 Å². The van der Waals surface area contributed by atoms with Crippen LogP contribution in [0.25, 0.3) is 10.9 Å². The number of nitrogens with one attached hydrogen (secondary N) is 1. The van der Waals surface area contributed by atoms with E-state index in [1.807, 2.05) is 0 Å².